The van der Waals surface area contributed by atoms with E-state index in [0.717, 1.165) is 11.1 Å². The highest BCUT2D eigenvalue weighted by molar-refractivity contribution is 6.32. The number of carbonyl (C=O) groups excluding carboxylic acids is 1. The fourth-order valence-electron chi connectivity index (χ4n) is 1.43. The highest BCUT2D eigenvalue weighted by atomic mass is 35.5. The van der Waals surface area contributed by atoms with Gasteiger partial charge in [-0.25, -0.2) is 9.97 Å². The van der Waals surface area contributed by atoms with Gasteiger partial charge >= 0.3 is 0 Å². The molecule has 0 bridgehead atoms. The van der Waals surface area contributed by atoms with E-state index in [2.05, 4.69) is 15.0 Å². The van der Waals surface area contributed by atoms with Crippen LogP contribution in [0.2, 0.25) is 5.15 Å². The number of pyridine rings is 1. The van der Waals surface area contributed by atoms with E-state index in [9.17, 15) is 4.79 Å². The summed E-state index contributed by atoms with van der Waals surface area (Å²) in [6, 6.07) is 1.79. The second-order valence-electron chi connectivity index (χ2n) is 3.24. The van der Waals surface area contributed by atoms with Crippen LogP contribution in [0.4, 0.5) is 0 Å². The molecule has 0 aromatic carbocycles. The predicted octanol–water partition coefficient (Wildman–Crippen LogP) is 2.31. The van der Waals surface area contributed by atoms with Crippen LogP contribution in [0.1, 0.15) is 15.9 Å². The molecule has 0 aliphatic rings. The highest BCUT2D eigenvalue weighted by Gasteiger charge is 2.12. The van der Waals surface area contributed by atoms with Crippen LogP contribution in [0.5, 0.6) is 0 Å². The van der Waals surface area contributed by atoms with Crippen molar-refractivity contribution in [1.29, 1.82) is 0 Å². The Labute approximate surface area is 97.3 Å². The minimum Gasteiger partial charge on any atom is -0.298 e. The van der Waals surface area contributed by atoms with Crippen molar-refractivity contribution in [2.45, 2.75) is 6.92 Å². The third-order valence-electron chi connectivity index (χ3n) is 2.23. The van der Waals surface area contributed by atoms with Gasteiger partial charge in [0, 0.05) is 18.0 Å². The molecule has 0 atom stereocenters. The quantitative estimate of drug-likeness (QED) is 0.590. The summed E-state index contributed by atoms with van der Waals surface area (Å²) in [4.78, 5) is 22.8. The Bertz CT molecular complexity index is 543. The average Bonchev–Trinajstić information content (AvgIpc) is 2.29. The average molecular weight is 234 g/mol. The molecule has 0 N–H and O–H groups in total. The Morgan fingerprint density at radius 3 is 2.88 bits per heavy atom. The number of hydrogen-bond acceptors (Lipinski definition) is 4. The van der Waals surface area contributed by atoms with Crippen molar-refractivity contribution in [3.05, 3.63) is 41.1 Å². The van der Waals surface area contributed by atoms with Gasteiger partial charge < -0.3 is 0 Å². The lowest BCUT2D eigenvalue weighted by atomic mass is 10.1. The van der Waals surface area contributed by atoms with Crippen LogP contribution in [-0.2, 0) is 0 Å². The summed E-state index contributed by atoms with van der Waals surface area (Å²) in [6.45, 7) is 1.90. The van der Waals surface area contributed by atoms with Crippen LogP contribution in [0.15, 0.2) is 24.8 Å². The molecule has 80 valence electrons. The van der Waals surface area contributed by atoms with Gasteiger partial charge in [0.2, 0.25) is 0 Å². The van der Waals surface area contributed by atoms with Gasteiger partial charge in [0.05, 0.1) is 11.3 Å². The maximum absolute atomic E-state index is 11.0. The van der Waals surface area contributed by atoms with Crippen molar-refractivity contribution in [2.24, 2.45) is 0 Å². The molecule has 16 heavy (non-hydrogen) atoms. The molecule has 2 heterocycles. The minimum absolute atomic E-state index is 0.163. The van der Waals surface area contributed by atoms with E-state index in [1.807, 2.05) is 6.92 Å². The molecule has 5 heteroatoms. The fraction of sp³-hybridized carbons (Fsp3) is 0.0909. The van der Waals surface area contributed by atoms with E-state index in [-0.39, 0.29) is 5.15 Å². The zero-order valence-electron chi connectivity index (χ0n) is 8.51. The molecule has 0 saturated carbocycles. The molecule has 0 spiro atoms. The first-order valence-corrected chi connectivity index (χ1v) is 4.98. The molecule has 4 nitrogen and oxygen atoms in total. The van der Waals surface area contributed by atoms with Gasteiger partial charge in [-0.2, -0.15) is 0 Å². The number of aryl methyl sites for hydroxylation is 1. The number of rotatable bonds is 2. The van der Waals surface area contributed by atoms with Gasteiger partial charge in [-0.15, -0.1) is 0 Å². The molecule has 0 fully saturated rings. The van der Waals surface area contributed by atoms with Crippen molar-refractivity contribution >= 4 is 17.9 Å². The van der Waals surface area contributed by atoms with E-state index in [0.29, 0.717) is 17.5 Å². The molecule has 0 amide bonds. The number of nitrogens with zero attached hydrogens (tertiary/aromatic N) is 3. The standard InChI is InChI=1S/C11H8ClN3O/c1-7-4-13-3-2-8(7)10-9(5-16)11(12)15-6-14-10/h2-6H,1H3. The largest absolute Gasteiger partial charge is 0.298 e. The summed E-state index contributed by atoms with van der Waals surface area (Å²) in [7, 11) is 0. The number of carbonyl (C=O) groups is 1. The van der Waals surface area contributed by atoms with Gasteiger partial charge in [0.25, 0.3) is 0 Å². The molecular formula is C11H8ClN3O. The van der Waals surface area contributed by atoms with Crippen molar-refractivity contribution in [3.63, 3.8) is 0 Å². The smallest absolute Gasteiger partial charge is 0.155 e. The normalized spacial score (nSPS) is 10.1. The van der Waals surface area contributed by atoms with Crippen LogP contribution < -0.4 is 0 Å². The Balaban J connectivity index is 2.69. The minimum atomic E-state index is 0.163. The van der Waals surface area contributed by atoms with E-state index in [4.69, 9.17) is 11.6 Å². The Morgan fingerprint density at radius 1 is 1.38 bits per heavy atom. The molecule has 0 unspecified atom stereocenters. The third kappa shape index (κ3) is 1.79. The molecule has 0 aliphatic heterocycles. The molecular weight excluding hydrogens is 226 g/mol. The second kappa shape index (κ2) is 4.37. The van der Waals surface area contributed by atoms with E-state index < -0.39 is 0 Å². The Morgan fingerprint density at radius 2 is 2.19 bits per heavy atom. The molecule has 0 saturated heterocycles. The lowest BCUT2D eigenvalue weighted by Crippen LogP contribution is -1.97. The monoisotopic (exact) mass is 233 g/mol. The van der Waals surface area contributed by atoms with Crippen molar-refractivity contribution < 1.29 is 4.79 Å². The maximum Gasteiger partial charge on any atom is 0.155 e. The lowest BCUT2D eigenvalue weighted by Gasteiger charge is -2.06. The maximum atomic E-state index is 11.0. The molecule has 0 radical (unpaired) electrons. The molecule has 2 rings (SSSR count). The van der Waals surface area contributed by atoms with Gasteiger partial charge in [-0.1, -0.05) is 11.6 Å². The topological polar surface area (TPSA) is 55.7 Å². The Hall–Kier alpha value is -1.81. The van der Waals surface area contributed by atoms with Crippen molar-refractivity contribution in [1.82, 2.24) is 15.0 Å². The fourth-order valence-corrected chi connectivity index (χ4v) is 1.61. The van der Waals surface area contributed by atoms with E-state index in [1.165, 1.54) is 6.33 Å². The second-order valence-corrected chi connectivity index (χ2v) is 3.59. The Kier molecular flexibility index (Phi) is 2.92. The summed E-state index contributed by atoms with van der Waals surface area (Å²) < 4.78 is 0. The summed E-state index contributed by atoms with van der Waals surface area (Å²) in [5.41, 5.74) is 2.61. The zero-order valence-corrected chi connectivity index (χ0v) is 9.27. The first kappa shape index (κ1) is 10.7. The number of aromatic nitrogens is 3. The predicted molar refractivity (Wildman–Crippen MR) is 60.4 cm³/mol. The van der Waals surface area contributed by atoms with Crippen LogP contribution >= 0.6 is 11.6 Å². The summed E-state index contributed by atoms with van der Waals surface area (Å²) in [5, 5.41) is 0.163. The van der Waals surface area contributed by atoms with Crippen LogP contribution in [0.25, 0.3) is 11.3 Å². The number of halogens is 1. The molecule has 2 aromatic heterocycles. The summed E-state index contributed by atoms with van der Waals surface area (Å²) >= 11 is 5.83. The molecule has 0 aliphatic carbocycles. The van der Waals surface area contributed by atoms with Crippen LogP contribution in [-0.4, -0.2) is 21.2 Å². The van der Waals surface area contributed by atoms with Gasteiger partial charge in [0.1, 0.15) is 11.5 Å². The van der Waals surface area contributed by atoms with Crippen molar-refractivity contribution in [3.8, 4) is 11.3 Å². The van der Waals surface area contributed by atoms with Gasteiger partial charge in [0.15, 0.2) is 6.29 Å². The number of hydrogen-bond donors (Lipinski definition) is 0. The van der Waals surface area contributed by atoms with Crippen molar-refractivity contribution in [2.75, 3.05) is 0 Å². The van der Waals surface area contributed by atoms with Crippen LogP contribution in [0, 0.1) is 6.92 Å². The first-order chi connectivity index (χ1) is 7.74. The SMILES string of the molecule is Cc1cnccc1-c1ncnc(Cl)c1C=O. The number of aldehydes is 1. The van der Waals surface area contributed by atoms with E-state index >= 15 is 0 Å². The zero-order chi connectivity index (χ0) is 11.5. The summed E-state index contributed by atoms with van der Waals surface area (Å²) in [6.07, 6.45) is 5.36. The lowest BCUT2D eigenvalue weighted by molar-refractivity contribution is 0.112. The van der Waals surface area contributed by atoms with Crippen LogP contribution in [0.3, 0.4) is 0 Å². The van der Waals surface area contributed by atoms with Gasteiger partial charge in [-0.3, -0.25) is 9.78 Å². The van der Waals surface area contributed by atoms with Gasteiger partial charge in [-0.05, 0) is 18.6 Å². The third-order valence-corrected chi connectivity index (χ3v) is 2.53. The molecule has 2 aromatic rings. The highest BCUT2D eigenvalue weighted by Crippen LogP contribution is 2.25. The summed E-state index contributed by atoms with van der Waals surface area (Å²) in [5.74, 6) is 0. The van der Waals surface area contributed by atoms with E-state index in [1.54, 1.807) is 18.5 Å². The first-order valence-electron chi connectivity index (χ1n) is 4.60.